The highest BCUT2D eigenvalue weighted by Crippen LogP contribution is 2.15. The fourth-order valence-electron chi connectivity index (χ4n) is 2.27. The Kier molecular flexibility index (Phi) is 3.90. The van der Waals surface area contributed by atoms with Gasteiger partial charge < -0.3 is 14.7 Å². The van der Waals surface area contributed by atoms with Crippen LogP contribution in [0.1, 0.15) is 18.1 Å². The number of likely N-dealkylation sites (tertiary alicyclic amines) is 1. The third-order valence-corrected chi connectivity index (χ3v) is 3.07. The van der Waals surface area contributed by atoms with Gasteiger partial charge in [-0.3, -0.25) is 0 Å². The molecule has 90 valence electrons. The number of hydrogen-bond acceptors (Lipinski definition) is 5. The Balaban J connectivity index is 1.71. The maximum absolute atomic E-state index is 5.10. The van der Waals surface area contributed by atoms with Crippen LogP contribution in [0.3, 0.4) is 0 Å². The molecule has 2 rings (SSSR count). The fraction of sp³-hybridized carbons (Fsp3) is 0.818. The van der Waals surface area contributed by atoms with Crippen molar-refractivity contribution in [3.8, 4) is 0 Å². The lowest BCUT2D eigenvalue weighted by atomic mass is 10.1. The van der Waals surface area contributed by atoms with Crippen LogP contribution in [0.4, 0.5) is 0 Å². The predicted molar refractivity (Wildman–Crippen MR) is 61.2 cm³/mol. The highest BCUT2D eigenvalue weighted by molar-refractivity contribution is 4.85. The Morgan fingerprint density at radius 1 is 1.56 bits per heavy atom. The third-order valence-electron chi connectivity index (χ3n) is 3.07. The number of hydrogen-bond donors (Lipinski definition) is 1. The van der Waals surface area contributed by atoms with E-state index in [4.69, 9.17) is 4.52 Å². The van der Waals surface area contributed by atoms with Crippen LogP contribution in [-0.2, 0) is 6.42 Å². The molecule has 0 spiro atoms. The number of nitrogens with one attached hydrogen (secondary N) is 1. The standard InChI is InChI=1S/C11H20N4O/c1-9-13-11(16-14-9)4-6-15-5-3-10(8-15)7-12-2/h10,12H,3-8H2,1-2H3. The van der Waals surface area contributed by atoms with Gasteiger partial charge in [0.15, 0.2) is 5.82 Å². The summed E-state index contributed by atoms with van der Waals surface area (Å²) in [4.78, 5) is 6.68. The summed E-state index contributed by atoms with van der Waals surface area (Å²) < 4.78 is 5.10. The normalized spacial score (nSPS) is 21.8. The summed E-state index contributed by atoms with van der Waals surface area (Å²) in [6, 6.07) is 0. The van der Waals surface area contributed by atoms with Gasteiger partial charge in [0.2, 0.25) is 5.89 Å². The lowest BCUT2D eigenvalue weighted by Crippen LogP contribution is -2.26. The van der Waals surface area contributed by atoms with Crippen LogP contribution in [-0.4, -0.2) is 48.3 Å². The van der Waals surface area contributed by atoms with E-state index in [1.807, 2.05) is 14.0 Å². The minimum absolute atomic E-state index is 0.726. The van der Waals surface area contributed by atoms with Crippen LogP contribution in [0.2, 0.25) is 0 Å². The number of aromatic nitrogens is 2. The van der Waals surface area contributed by atoms with Crippen LogP contribution < -0.4 is 5.32 Å². The quantitative estimate of drug-likeness (QED) is 0.787. The monoisotopic (exact) mass is 224 g/mol. The van der Waals surface area contributed by atoms with E-state index in [0.29, 0.717) is 0 Å². The molecular weight excluding hydrogens is 204 g/mol. The molecule has 1 saturated heterocycles. The highest BCUT2D eigenvalue weighted by atomic mass is 16.5. The molecule has 16 heavy (non-hydrogen) atoms. The third kappa shape index (κ3) is 3.02. The molecule has 0 aromatic carbocycles. The van der Waals surface area contributed by atoms with E-state index in [9.17, 15) is 0 Å². The lowest BCUT2D eigenvalue weighted by Gasteiger charge is -2.14. The summed E-state index contributed by atoms with van der Waals surface area (Å²) in [5, 5.41) is 7.03. The largest absolute Gasteiger partial charge is 0.339 e. The molecule has 1 atom stereocenters. The maximum atomic E-state index is 5.10. The molecule has 1 N–H and O–H groups in total. The Bertz CT molecular complexity index is 326. The van der Waals surface area contributed by atoms with Gasteiger partial charge in [-0.1, -0.05) is 5.16 Å². The van der Waals surface area contributed by atoms with Crippen molar-refractivity contribution in [1.29, 1.82) is 0 Å². The number of nitrogens with zero attached hydrogens (tertiary/aromatic N) is 3. The summed E-state index contributed by atoms with van der Waals surface area (Å²) in [6.07, 6.45) is 2.16. The molecule has 0 amide bonds. The smallest absolute Gasteiger partial charge is 0.227 e. The SMILES string of the molecule is CNCC1CCN(CCc2nc(C)no2)C1. The van der Waals surface area contributed by atoms with Crippen molar-refractivity contribution < 1.29 is 4.52 Å². The molecule has 1 fully saturated rings. The van der Waals surface area contributed by atoms with Gasteiger partial charge in [-0.05, 0) is 39.4 Å². The van der Waals surface area contributed by atoms with Crippen LogP contribution in [0.15, 0.2) is 4.52 Å². The van der Waals surface area contributed by atoms with Gasteiger partial charge in [-0.15, -0.1) is 0 Å². The molecule has 5 nitrogen and oxygen atoms in total. The van der Waals surface area contributed by atoms with Gasteiger partial charge in [-0.25, -0.2) is 0 Å². The maximum Gasteiger partial charge on any atom is 0.227 e. The molecule has 2 heterocycles. The van der Waals surface area contributed by atoms with Crippen LogP contribution in [0.25, 0.3) is 0 Å². The van der Waals surface area contributed by atoms with Crippen LogP contribution in [0, 0.1) is 12.8 Å². The van der Waals surface area contributed by atoms with E-state index in [1.54, 1.807) is 0 Å². The first-order chi connectivity index (χ1) is 7.78. The molecule has 0 radical (unpaired) electrons. The minimum Gasteiger partial charge on any atom is -0.339 e. The topological polar surface area (TPSA) is 54.2 Å². The first-order valence-corrected chi connectivity index (χ1v) is 5.94. The van der Waals surface area contributed by atoms with Crippen molar-refractivity contribution in [3.05, 3.63) is 11.7 Å². The van der Waals surface area contributed by atoms with E-state index >= 15 is 0 Å². The van der Waals surface area contributed by atoms with E-state index in [1.165, 1.54) is 19.5 Å². The van der Waals surface area contributed by atoms with Crippen LogP contribution in [0.5, 0.6) is 0 Å². The van der Waals surface area contributed by atoms with E-state index < -0.39 is 0 Å². The summed E-state index contributed by atoms with van der Waals surface area (Å²) in [6.45, 7) is 6.39. The van der Waals surface area contributed by atoms with Crippen molar-refractivity contribution in [2.75, 3.05) is 33.2 Å². The summed E-state index contributed by atoms with van der Waals surface area (Å²) in [5.74, 6) is 2.29. The van der Waals surface area contributed by atoms with Gasteiger partial charge in [-0.2, -0.15) is 4.98 Å². The molecule has 0 aliphatic carbocycles. The lowest BCUT2D eigenvalue weighted by molar-refractivity contribution is 0.301. The summed E-state index contributed by atoms with van der Waals surface area (Å²) >= 11 is 0. The Morgan fingerprint density at radius 3 is 3.12 bits per heavy atom. The average Bonchev–Trinajstić information content (AvgIpc) is 2.85. The van der Waals surface area contributed by atoms with Crippen molar-refractivity contribution >= 4 is 0 Å². The van der Waals surface area contributed by atoms with Gasteiger partial charge in [0.1, 0.15) is 0 Å². The van der Waals surface area contributed by atoms with Gasteiger partial charge in [0.05, 0.1) is 0 Å². The summed E-state index contributed by atoms with van der Waals surface area (Å²) in [5.41, 5.74) is 0. The molecule has 0 saturated carbocycles. The molecule has 1 aliphatic heterocycles. The molecule has 1 aromatic heterocycles. The Labute approximate surface area is 96.2 Å². The second kappa shape index (κ2) is 5.41. The molecule has 5 heteroatoms. The molecule has 1 aromatic rings. The summed E-state index contributed by atoms with van der Waals surface area (Å²) in [7, 11) is 2.02. The zero-order valence-corrected chi connectivity index (χ0v) is 10.1. The second-order valence-corrected chi connectivity index (χ2v) is 4.50. The zero-order valence-electron chi connectivity index (χ0n) is 10.1. The van der Waals surface area contributed by atoms with Crippen molar-refractivity contribution in [2.45, 2.75) is 19.8 Å². The second-order valence-electron chi connectivity index (χ2n) is 4.50. The fourth-order valence-corrected chi connectivity index (χ4v) is 2.27. The van der Waals surface area contributed by atoms with E-state index in [2.05, 4.69) is 20.4 Å². The number of aryl methyl sites for hydroxylation is 1. The van der Waals surface area contributed by atoms with Crippen molar-refractivity contribution in [2.24, 2.45) is 5.92 Å². The molecular formula is C11H20N4O. The molecule has 1 aliphatic rings. The van der Waals surface area contributed by atoms with E-state index in [-0.39, 0.29) is 0 Å². The van der Waals surface area contributed by atoms with Crippen LogP contribution >= 0.6 is 0 Å². The van der Waals surface area contributed by atoms with Crippen molar-refractivity contribution in [1.82, 2.24) is 20.4 Å². The van der Waals surface area contributed by atoms with Gasteiger partial charge in [0, 0.05) is 19.5 Å². The highest BCUT2D eigenvalue weighted by Gasteiger charge is 2.21. The number of rotatable bonds is 5. The Morgan fingerprint density at radius 2 is 2.44 bits per heavy atom. The zero-order chi connectivity index (χ0) is 11.4. The van der Waals surface area contributed by atoms with E-state index in [0.717, 1.165) is 37.1 Å². The first kappa shape index (κ1) is 11.5. The molecule has 1 unspecified atom stereocenters. The van der Waals surface area contributed by atoms with Gasteiger partial charge >= 0.3 is 0 Å². The van der Waals surface area contributed by atoms with Gasteiger partial charge in [0.25, 0.3) is 0 Å². The van der Waals surface area contributed by atoms with Crippen molar-refractivity contribution in [3.63, 3.8) is 0 Å². The predicted octanol–water partition coefficient (Wildman–Crippen LogP) is 0.462. The minimum atomic E-state index is 0.726. The molecule has 0 bridgehead atoms. The Hall–Kier alpha value is -0.940. The first-order valence-electron chi connectivity index (χ1n) is 5.94. The average molecular weight is 224 g/mol.